The number of hydrogen-bond acceptors (Lipinski definition) is 1. The summed E-state index contributed by atoms with van der Waals surface area (Å²) >= 11 is 0. The maximum absolute atomic E-state index is 2.44. The maximum atomic E-state index is 2.44. The van der Waals surface area contributed by atoms with Gasteiger partial charge in [-0.25, -0.2) is 0 Å². The first-order chi connectivity index (χ1) is 22.6. The Labute approximate surface area is 272 Å². The van der Waals surface area contributed by atoms with Crippen LogP contribution in [0.4, 0.5) is 17.1 Å². The molecule has 7 aromatic rings. The van der Waals surface area contributed by atoms with E-state index in [1.807, 2.05) is 0 Å². The molecule has 0 N–H and O–H groups in total. The number of rotatable bonds is 6. The second-order valence-electron chi connectivity index (χ2n) is 12.6. The zero-order valence-electron chi connectivity index (χ0n) is 26.2. The first-order valence-electron chi connectivity index (χ1n) is 16.0. The SMILES string of the molecule is CC1(C)c2ccccc2-c2c(N(c3ccc(-c4ccccc4)cc3)c3cccc(-c4ccccc4-c4ccccc4)c3)cccc21. The van der Waals surface area contributed by atoms with Crippen molar-refractivity contribution in [2.45, 2.75) is 19.3 Å². The molecule has 220 valence electrons. The van der Waals surface area contributed by atoms with E-state index in [-0.39, 0.29) is 5.41 Å². The van der Waals surface area contributed by atoms with E-state index in [9.17, 15) is 0 Å². The summed E-state index contributed by atoms with van der Waals surface area (Å²) in [4.78, 5) is 2.44. The second kappa shape index (κ2) is 11.4. The monoisotopic (exact) mass is 589 g/mol. The molecule has 1 aliphatic carbocycles. The van der Waals surface area contributed by atoms with Crippen LogP contribution < -0.4 is 4.90 Å². The highest BCUT2D eigenvalue weighted by atomic mass is 15.1. The minimum atomic E-state index is -0.0821. The molecule has 0 saturated heterocycles. The lowest BCUT2D eigenvalue weighted by Gasteiger charge is -2.29. The van der Waals surface area contributed by atoms with E-state index in [4.69, 9.17) is 0 Å². The predicted octanol–water partition coefficient (Wildman–Crippen LogP) is 12.5. The fourth-order valence-corrected chi connectivity index (χ4v) is 7.20. The average Bonchev–Trinajstić information content (AvgIpc) is 3.36. The number of nitrogens with zero attached hydrogens (tertiary/aromatic N) is 1. The first-order valence-corrected chi connectivity index (χ1v) is 16.0. The summed E-state index contributed by atoms with van der Waals surface area (Å²) in [7, 11) is 0. The Kier molecular flexibility index (Phi) is 6.88. The van der Waals surface area contributed by atoms with Gasteiger partial charge < -0.3 is 4.90 Å². The molecule has 7 aromatic carbocycles. The van der Waals surface area contributed by atoms with Crippen LogP contribution in [0.3, 0.4) is 0 Å². The molecule has 0 heterocycles. The van der Waals surface area contributed by atoms with E-state index >= 15 is 0 Å². The van der Waals surface area contributed by atoms with Crippen molar-refractivity contribution in [3.8, 4) is 44.5 Å². The molecule has 0 radical (unpaired) electrons. The van der Waals surface area contributed by atoms with E-state index in [1.165, 1.54) is 61.3 Å². The Morgan fingerprint density at radius 2 is 0.891 bits per heavy atom. The smallest absolute Gasteiger partial charge is 0.0543 e. The van der Waals surface area contributed by atoms with E-state index < -0.39 is 0 Å². The van der Waals surface area contributed by atoms with Crippen LogP contribution in [0, 0.1) is 0 Å². The van der Waals surface area contributed by atoms with Gasteiger partial charge in [0.25, 0.3) is 0 Å². The largest absolute Gasteiger partial charge is 0.310 e. The Morgan fingerprint density at radius 3 is 1.61 bits per heavy atom. The van der Waals surface area contributed by atoms with Crippen LogP contribution in [0.25, 0.3) is 44.5 Å². The van der Waals surface area contributed by atoms with Crippen molar-refractivity contribution in [3.05, 3.63) is 187 Å². The van der Waals surface area contributed by atoms with Gasteiger partial charge in [0.15, 0.2) is 0 Å². The van der Waals surface area contributed by atoms with Gasteiger partial charge in [-0.3, -0.25) is 0 Å². The molecule has 0 spiro atoms. The zero-order valence-corrected chi connectivity index (χ0v) is 26.2. The van der Waals surface area contributed by atoms with Crippen LogP contribution in [0.5, 0.6) is 0 Å². The quantitative estimate of drug-likeness (QED) is 0.186. The molecule has 0 unspecified atom stereocenters. The lowest BCUT2D eigenvalue weighted by atomic mass is 9.82. The highest BCUT2D eigenvalue weighted by molar-refractivity contribution is 5.96. The van der Waals surface area contributed by atoms with Gasteiger partial charge in [-0.1, -0.05) is 159 Å². The Morgan fingerprint density at radius 1 is 0.370 bits per heavy atom. The van der Waals surface area contributed by atoms with Gasteiger partial charge in [0.05, 0.1) is 5.69 Å². The van der Waals surface area contributed by atoms with Crippen LogP contribution in [-0.4, -0.2) is 0 Å². The van der Waals surface area contributed by atoms with Crippen molar-refractivity contribution in [1.29, 1.82) is 0 Å². The lowest BCUT2D eigenvalue weighted by Crippen LogP contribution is -2.16. The summed E-state index contributed by atoms with van der Waals surface area (Å²) < 4.78 is 0. The fraction of sp³-hybridized carbons (Fsp3) is 0.0667. The molecular weight excluding hydrogens is 555 g/mol. The molecule has 0 amide bonds. The highest BCUT2D eigenvalue weighted by Crippen LogP contribution is 2.54. The van der Waals surface area contributed by atoms with Crippen molar-refractivity contribution >= 4 is 17.1 Å². The van der Waals surface area contributed by atoms with Gasteiger partial charge in [-0.2, -0.15) is 0 Å². The van der Waals surface area contributed by atoms with Gasteiger partial charge in [-0.05, 0) is 80.4 Å². The molecule has 1 aliphatic rings. The van der Waals surface area contributed by atoms with Gasteiger partial charge in [0, 0.05) is 22.4 Å². The van der Waals surface area contributed by atoms with Crippen LogP contribution >= 0.6 is 0 Å². The minimum absolute atomic E-state index is 0.0821. The van der Waals surface area contributed by atoms with Gasteiger partial charge in [0.2, 0.25) is 0 Å². The number of hydrogen-bond donors (Lipinski definition) is 0. The molecule has 0 saturated carbocycles. The number of benzene rings is 7. The molecule has 1 heteroatoms. The van der Waals surface area contributed by atoms with Crippen LogP contribution in [0.15, 0.2) is 176 Å². The van der Waals surface area contributed by atoms with Crippen molar-refractivity contribution in [1.82, 2.24) is 0 Å². The minimum Gasteiger partial charge on any atom is -0.310 e. The lowest BCUT2D eigenvalue weighted by molar-refractivity contribution is 0.660. The molecule has 0 bridgehead atoms. The summed E-state index contributed by atoms with van der Waals surface area (Å²) in [5.74, 6) is 0. The van der Waals surface area contributed by atoms with Crippen molar-refractivity contribution in [3.63, 3.8) is 0 Å². The van der Waals surface area contributed by atoms with E-state index in [1.54, 1.807) is 0 Å². The van der Waals surface area contributed by atoms with E-state index in [0.29, 0.717) is 0 Å². The van der Waals surface area contributed by atoms with Gasteiger partial charge >= 0.3 is 0 Å². The Hall–Kier alpha value is -5.66. The first kappa shape index (κ1) is 27.9. The Balaban J connectivity index is 1.33. The number of anilines is 3. The maximum Gasteiger partial charge on any atom is 0.0543 e. The molecule has 8 rings (SSSR count). The van der Waals surface area contributed by atoms with Crippen LogP contribution in [-0.2, 0) is 5.41 Å². The van der Waals surface area contributed by atoms with Crippen molar-refractivity contribution in [2.24, 2.45) is 0 Å². The molecule has 0 aliphatic heterocycles. The van der Waals surface area contributed by atoms with Gasteiger partial charge in [0.1, 0.15) is 0 Å². The van der Waals surface area contributed by atoms with Crippen LogP contribution in [0.2, 0.25) is 0 Å². The molecule has 1 nitrogen and oxygen atoms in total. The topological polar surface area (TPSA) is 3.24 Å². The third kappa shape index (κ3) is 4.73. The fourth-order valence-electron chi connectivity index (χ4n) is 7.20. The third-order valence-electron chi connectivity index (χ3n) is 9.49. The average molecular weight is 590 g/mol. The molecule has 0 atom stereocenters. The van der Waals surface area contributed by atoms with E-state index in [0.717, 1.165) is 11.4 Å². The standard InChI is InChI=1S/C45H35N/c1-45(2)41-24-12-11-23-40(41)44-42(45)25-14-26-43(44)46(36-29-27-33(28-30-36)32-15-5-3-6-16-32)37-20-13-19-35(31-37)39-22-10-9-21-38(39)34-17-7-4-8-18-34/h3-31H,1-2H3. The highest BCUT2D eigenvalue weighted by Gasteiger charge is 2.37. The summed E-state index contributed by atoms with van der Waals surface area (Å²) in [5.41, 5.74) is 16.0. The van der Waals surface area contributed by atoms with E-state index in [2.05, 4.69) is 195 Å². The molecule has 46 heavy (non-hydrogen) atoms. The zero-order chi connectivity index (χ0) is 31.1. The predicted molar refractivity (Wildman–Crippen MR) is 195 cm³/mol. The molecular formula is C45H35N. The van der Waals surface area contributed by atoms with Crippen molar-refractivity contribution < 1.29 is 0 Å². The van der Waals surface area contributed by atoms with Crippen molar-refractivity contribution in [2.75, 3.05) is 4.90 Å². The summed E-state index contributed by atoms with van der Waals surface area (Å²) in [6.45, 7) is 4.70. The summed E-state index contributed by atoms with van der Waals surface area (Å²) in [6.07, 6.45) is 0. The molecule has 0 fully saturated rings. The third-order valence-corrected chi connectivity index (χ3v) is 9.49. The van der Waals surface area contributed by atoms with Crippen LogP contribution in [0.1, 0.15) is 25.0 Å². The summed E-state index contributed by atoms with van der Waals surface area (Å²) in [6, 6.07) is 63.8. The number of fused-ring (bicyclic) bond motifs is 3. The normalized spacial score (nSPS) is 12.7. The molecule has 0 aromatic heterocycles. The van der Waals surface area contributed by atoms with Gasteiger partial charge in [-0.15, -0.1) is 0 Å². The summed E-state index contributed by atoms with van der Waals surface area (Å²) in [5, 5.41) is 0. The Bertz CT molecular complexity index is 2160. The second-order valence-corrected chi connectivity index (χ2v) is 12.6.